The number of halogens is 6. The van der Waals surface area contributed by atoms with Gasteiger partial charge < -0.3 is 14.2 Å². The van der Waals surface area contributed by atoms with Crippen LogP contribution in [0.5, 0.6) is 0 Å². The Bertz CT molecular complexity index is 1420. The molecule has 1 unspecified atom stereocenters. The van der Waals surface area contributed by atoms with E-state index >= 15 is 0 Å². The summed E-state index contributed by atoms with van der Waals surface area (Å²) in [6.07, 6.45) is -8.68. The van der Waals surface area contributed by atoms with Gasteiger partial charge in [-0.05, 0) is 48.6 Å². The zero-order valence-electron chi connectivity index (χ0n) is 17.6. The maximum Gasteiger partial charge on any atom is 0.416 e. The normalized spacial score (nSPS) is 16.1. The third-order valence-corrected chi connectivity index (χ3v) is 5.95. The molecule has 1 aliphatic rings. The van der Waals surface area contributed by atoms with Gasteiger partial charge in [0.15, 0.2) is 0 Å². The second kappa shape index (κ2) is 7.85. The number of rotatable bonds is 4. The molecule has 1 atom stereocenters. The number of benzene rings is 2. The van der Waals surface area contributed by atoms with Gasteiger partial charge >= 0.3 is 18.3 Å². The van der Waals surface area contributed by atoms with Crippen LogP contribution in [0.2, 0.25) is 0 Å². The zero-order chi connectivity index (χ0) is 25.1. The summed E-state index contributed by atoms with van der Waals surface area (Å²) >= 11 is 0. The van der Waals surface area contributed by atoms with Gasteiger partial charge in [0.2, 0.25) is 5.82 Å². The monoisotopic (exact) mass is 495 g/mol. The van der Waals surface area contributed by atoms with Crippen molar-refractivity contribution in [1.82, 2.24) is 14.7 Å². The van der Waals surface area contributed by atoms with Crippen LogP contribution in [-0.4, -0.2) is 25.8 Å². The number of carboxylic acid groups (broad SMARTS) is 1. The minimum Gasteiger partial charge on any atom is -0.481 e. The van der Waals surface area contributed by atoms with Gasteiger partial charge in [0.25, 0.3) is 5.89 Å². The van der Waals surface area contributed by atoms with Gasteiger partial charge in [-0.2, -0.15) is 31.3 Å². The smallest absolute Gasteiger partial charge is 0.416 e. The maximum atomic E-state index is 13.2. The molecule has 0 amide bonds. The Hall–Kier alpha value is -3.83. The molecular weight excluding hydrogens is 480 g/mol. The van der Waals surface area contributed by atoms with Crippen LogP contribution in [0.1, 0.15) is 35.7 Å². The van der Waals surface area contributed by atoms with E-state index in [1.165, 1.54) is 0 Å². The predicted molar refractivity (Wildman–Crippen MR) is 110 cm³/mol. The number of fused-ring (bicyclic) bond motifs is 3. The van der Waals surface area contributed by atoms with E-state index in [9.17, 15) is 36.2 Å². The average Bonchev–Trinajstić information content (AvgIpc) is 3.48. The molecule has 0 saturated carbocycles. The van der Waals surface area contributed by atoms with Crippen molar-refractivity contribution in [2.45, 2.75) is 37.7 Å². The first kappa shape index (κ1) is 22.9. The molecule has 0 spiro atoms. The number of aromatic nitrogens is 3. The minimum absolute atomic E-state index is 0.0233. The van der Waals surface area contributed by atoms with Crippen molar-refractivity contribution in [2.24, 2.45) is 0 Å². The van der Waals surface area contributed by atoms with E-state index in [0.29, 0.717) is 30.5 Å². The summed E-state index contributed by atoms with van der Waals surface area (Å²) < 4.78 is 86.1. The highest BCUT2D eigenvalue weighted by atomic mass is 19.4. The molecule has 0 bridgehead atoms. The minimum atomic E-state index is -5.01. The first-order valence-corrected chi connectivity index (χ1v) is 10.4. The Morgan fingerprint density at radius 1 is 1.00 bits per heavy atom. The van der Waals surface area contributed by atoms with Crippen molar-refractivity contribution < 1.29 is 40.8 Å². The van der Waals surface area contributed by atoms with Crippen molar-refractivity contribution in [3.05, 3.63) is 59.3 Å². The maximum absolute atomic E-state index is 13.2. The molecule has 2 aromatic heterocycles. The van der Waals surface area contributed by atoms with E-state index in [4.69, 9.17) is 4.52 Å². The lowest BCUT2D eigenvalue weighted by molar-refractivity contribution is -0.143. The Morgan fingerprint density at radius 3 is 2.31 bits per heavy atom. The lowest BCUT2D eigenvalue weighted by Gasteiger charge is -2.13. The quantitative estimate of drug-likeness (QED) is 0.334. The van der Waals surface area contributed by atoms with Crippen LogP contribution in [0.15, 0.2) is 47.0 Å². The van der Waals surface area contributed by atoms with Crippen LogP contribution < -0.4 is 0 Å². The highest BCUT2D eigenvalue weighted by Gasteiger charge is 2.37. The molecule has 3 heterocycles. The molecule has 0 saturated heterocycles. The summed E-state index contributed by atoms with van der Waals surface area (Å²) in [6, 6.07) is 7.88. The van der Waals surface area contributed by atoms with Crippen molar-refractivity contribution >= 4 is 16.9 Å². The molecule has 35 heavy (non-hydrogen) atoms. The molecule has 2 aromatic carbocycles. The van der Waals surface area contributed by atoms with E-state index in [1.807, 2.05) is 10.6 Å². The largest absolute Gasteiger partial charge is 0.481 e. The third-order valence-electron chi connectivity index (χ3n) is 5.95. The molecule has 1 aliphatic heterocycles. The lowest BCUT2D eigenvalue weighted by Crippen LogP contribution is -2.11. The van der Waals surface area contributed by atoms with E-state index < -0.39 is 40.9 Å². The summed E-state index contributed by atoms with van der Waals surface area (Å²) in [5.74, 6) is -1.46. The van der Waals surface area contributed by atoms with Crippen LogP contribution in [0.3, 0.4) is 0 Å². The number of carboxylic acids is 1. The van der Waals surface area contributed by atoms with Crippen molar-refractivity contribution in [1.29, 1.82) is 0 Å². The molecule has 4 aromatic rings. The molecule has 1 N–H and O–H groups in total. The fraction of sp³-hybridized carbons (Fsp3) is 0.261. The molecule has 6 nitrogen and oxygen atoms in total. The number of hydrogen-bond donors (Lipinski definition) is 1. The Balaban J connectivity index is 1.55. The Labute approximate surface area is 192 Å². The number of aryl methyl sites for hydroxylation is 1. The lowest BCUT2D eigenvalue weighted by atomic mass is 10.0. The molecule has 12 heteroatoms. The predicted octanol–water partition coefficient (Wildman–Crippen LogP) is 6.36. The molecule has 0 aliphatic carbocycles. The fourth-order valence-electron chi connectivity index (χ4n) is 4.42. The van der Waals surface area contributed by atoms with Gasteiger partial charge in [-0.25, -0.2) is 0 Å². The van der Waals surface area contributed by atoms with E-state index in [1.54, 1.807) is 18.2 Å². The van der Waals surface area contributed by atoms with Gasteiger partial charge in [0, 0.05) is 28.4 Å². The van der Waals surface area contributed by atoms with Gasteiger partial charge in [-0.15, -0.1) is 0 Å². The number of aliphatic carboxylic acids is 1. The third kappa shape index (κ3) is 4.24. The second-order valence-corrected chi connectivity index (χ2v) is 8.29. The van der Waals surface area contributed by atoms with Crippen LogP contribution in [0.4, 0.5) is 26.3 Å². The molecular formula is C23H15F6N3O3. The van der Waals surface area contributed by atoms with Crippen LogP contribution >= 0.6 is 0 Å². The average molecular weight is 495 g/mol. The molecule has 182 valence electrons. The van der Waals surface area contributed by atoms with Crippen molar-refractivity contribution in [2.75, 3.05) is 0 Å². The second-order valence-electron chi connectivity index (χ2n) is 8.29. The standard InChI is InChI=1S/C23H15F6N3O3/c24-22(25,26)14-5-13(6-15(9-14)23(27,28)29)21-30-20(31-35-21)12-2-1-11-7-16-3-4-17(10-19(33)34)32(16)18(11)8-12/h1-2,5-9,17H,3-4,10H2,(H,33,34). The summed E-state index contributed by atoms with van der Waals surface area (Å²) in [5, 5.41) is 13.8. The van der Waals surface area contributed by atoms with E-state index in [-0.39, 0.29) is 24.4 Å². The fourth-order valence-corrected chi connectivity index (χ4v) is 4.42. The number of alkyl halides is 6. The van der Waals surface area contributed by atoms with Gasteiger partial charge in [0.05, 0.1) is 17.5 Å². The topological polar surface area (TPSA) is 81.2 Å². The van der Waals surface area contributed by atoms with E-state index in [0.717, 1.165) is 16.6 Å². The first-order chi connectivity index (χ1) is 16.4. The molecule has 0 radical (unpaired) electrons. The summed E-state index contributed by atoms with van der Waals surface area (Å²) in [7, 11) is 0. The Morgan fingerprint density at radius 2 is 1.69 bits per heavy atom. The summed E-state index contributed by atoms with van der Waals surface area (Å²) in [6.45, 7) is 0. The number of hydrogen-bond acceptors (Lipinski definition) is 4. The molecule has 0 fully saturated rings. The van der Waals surface area contributed by atoms with Crippen molar-refractivity contribution in [3.63, 3.8) is 0 Å². The van der Waals surface area contributed by atoms with E-state index in [2.05, 4.69) is 10.1 Å². The van der Waals surface area contributed by atoms with Gasteiger partial charge in [0.1, 0.15) is 0 Å². The zero-order valence-corrected chi connectivity index (χ0v) is 17.6. The van der Waals surface area contributed by atoms with Crippen LogP contribution in [-0.2, 0) is 23.6 Å². The van der Waals surface area contributed by atoms with Gasteiger partial charge in [-0.1, -0.05) is 17.3 Å². The SMILES string of the molecule is O=C(O)CC1CCc2cc3ccc(-c4noc(-c5cc(C(F)(F)F)cc(C(F)(F)F)c5)n4)cc3n21. The van der Waals surface area contributed by atoms with Crippen molar-refractivity contribution in [3.8, 4) is 22.8 Å². The summed E-state index contributed by atoms with van der Waals surface area (Å²) in [5.41, 5.74) is -1.38. The number of carbonyl (C=O) groups is 1. The van der Waals surface area contributed by atoms with Gasteiger partial charge in [-0.3, -0.25) is 4.79 Å². The van der Waals surface area contributed by atoms with Crippen LogP contribution in [0.25, 0.3) is 33.7 Å². The highest BCUT2D eigenvalue weighted by molar-refractivity contribution is 5.86. The molecule has 5 rings (SSSR count). The Kier molecular flexibility index (Phi) is 5.15. The first-order valence-electron chi connectivity index (χ1n) is 10.4. The highest BCUT2D eigenvalue weighted by Crippen LogP contribution is 2.39. The number of nitrogens with zero attached hydrogens (tertiary/aromatic N) is 3. The summed E-state index contributed by atoms with van der Waals surface area (Å²) in [4.78, 5) is 15.3. The van der Waals surface area contributed by atoms with Crippen LogP contribution in [0, 0.1) is 0 Å².